The fourth-order valence-corrected chi connectivity index (χ4v) is 2.06. The average molecular weight is 230 g/mol. The van der Waals surface area contributed by atoms with E-state index < -0.39 is 0 Å². The van der Waals surface area contributed by atoms with Crippen molar-refractivity contribution in [2.75, 3.05) is 0 Å². The normalized spacial score (nSPS) is 19.8. The van der Waals surface area contributed by atoms with Gasteiger partial charge in [0, 0.05) is 0 Å². The molecule has 1 aromatic rings. The zero-order valence-electron chi connectivity index (χ0n) is 6.91. The second kappa shape index (κ2) is 3.56. The van der Waals surface area contributed by atoms with Crippen LogP contribution in [0.15, 0.2) is 10.8 Å². The largest absolute Gasteiger partial charge is 0.248 e. The third kappa shape index (κ3) is 1.68. The number of halogens is 1. The Hall–Kier alpha value is -0.380. The van der Waals surface area contributed by atoms with Crippen LogP contribution in [0.1, 0.15) is 38.1 Å². The van der Waals surface area contributed by atoms with Gasteiger partial charge in [-0.3, -0.25) is 0 Å². The van der Waals surface area contributed by atoms with Gasteiger partial charge in [0.2, 0.25) is 0 Å². The molecule has 66 valence electrons. The lowest BCUT2D eigenvalue weighted by Gasteiger charge is -2.20. The summed E-state index contributed by atoms with van der Waals surface area (Å²) in [6.45, 7) is 0. The molecular weight excluding hydrogens is 218 g/mol. The Labute approximate surface area is 80.3 Å². The summed E-state index contributed by atoms with van der Waals surface area (Å²) in [5, 5.41) is 7.98. The molecular formula is C8H12BrN3. The molecule has 0 radical (unpaired) electrons. The Kier molecular flexibility index (Phi) is 2.44. The maximum absolute atomic E-state index is 4.06. The minimum atomic E-state index is 0.595. The number of nitrogens with zero attached hydrogens (tertiary/aromatic N) is 3. The molecule has 1 saturated carbocycles. The van der Waals surface area contributed by atoms with Crippen molar-refractivity contribution in [3.05, 3.63) is 10.8 Å². The van der Waals surface area contributed by atoms with Gasteiger partial charge in [-0.1, -0.05) is 24.5 Å². The van der Waals surface area contributed by atoms with E-state index in [1.807, 2.05) is 10.9 Å². The predicted molar refractivity (Wildman–Crippen MR) is 49.8 cm³/mol. The highest BCUT2D eigenvalue weighted by Gasteiger charge is 2.15. The van der Waals surface area contributed by atoms with Gasteiger partial charge in [0.1, 0.15) is 4.60 Å². The van der Waals surface area contributed by atoms with Crippen molar-refractivity contribution >= 4 is 15.9 Å². The molecule has 0 saturated heterocycles. The molecule has 0 N–H and O–H groups in total. The number of rotatable bonds is 1. The van der Waals surface area contributed by atoms with Gasteiger partial charge in [0.25, 0.3) is 0 Å². The second-order valence-electron chi connectivity index (χ2n) is 3.31. The molecule has 0 aliphatic heterocycles. The quantitative estimate of drug-likeness (QED) is 0.742. The van der Waals surface area contributed by atoms with Gasteiger partial charge in [0.05, 0.1) is 12.2 Å². The van der Waals surface area contributed by atoms with Crippen molar-refractivity contribution in [1.82, 2.24) is 15.0 Å². The van der Waals surface area contributed by atoms with Crippen LogP contribution in [0.25, 0.3) is 0 Å². The lowest BCUT2D eigenvalue weighted by atomic mass is 9.96. The standard InChI is InChI=1S/C8H12BrN3/c9-8-6-12(11-10-8)7-4-2-1-3-5-7/h6-7H,1-5H2. The van der Waals surface area contributed by atoms with E-state index in [1.165, 1.54) is 32.1 Å². The van der Waals surface area contributed by atoms with Crippen LogP contribution in [-0.4, -0.2) is 15.0 Å². The molecule has 12 heavy (non-hydrogen) atoms. The predicted octanol–water partition coefficient (Wildman–Crippen LogP) is 2.55. The molecule has 0 aromatic carbocycles. The van der Waals surface area contributed by atoms with Crippen LogP contribution in [0, 0.1) is 0 Å². The summed E-state index contributed by atoms with van der Waals surface area (Å²) < 4.78 is 2.83. The fourth-order valence-electron chi connectivity index (χ4n) is 1.78. The van der Waals surface area contributed by atoms with Crippen molar-refractivity contribution in [3.63, 3.8) is 0 Å². The molecule has 4 heteroatoms. The smallest absolute Gasteiger partial charge is 0.148 e. The van der Waals surface area contributed by atoms with Crippen LogP contribution in [-0.2, 0) is 0 Å². The molecule has 1 heterocycles. The van der Waals surface area contributed by atoms with Gasteiger partial charge in [-0.15, -0.1) is 5.10 Å². The van der Waals surface area contributed by atoms with Gasteiger partial charge in [-0.2, -0.15) is 0 Å². The topological polar surface area (TPSA) is 30.7 Å². The molecule has 0 atom stereocenters. The van der Waals surface area contributed by atoms with E-state index >= 15 is 0 Å². The molecule has 3 nitrogen and oxygen atoms in total. The van der Waals surface area contributed by atoms with Crippen LogP contribution in [0.4, 0.5) is 0 Å². The summed E-state index contributed by atoms with van der Waals surface area (Å²) in [6, 6.07) is 0.595. The van der Waals surface area contributed by atoms with E-state index in [2.05, 4.69) is 26.2 Å². The Balaban J connectivity index is 2.08. The molecule has 1 fully saturated rings. The summed E-state index contributed by atoms with van der Waals surface area (Å²) in [7, 11) is 0. The van der Waals surface area contributed by atoms with E-state index in [0.29, 0.717) is 6.04 Å². The van der Waals surface area contributed by atoms with Crippen molar-refractivity contribution in [1.29, 1.82) is 0 Å². The molecule has 0 spiro atoms. The lowest BCUT2D eigenvalue weighted by Crippen LogP contribution is -2.13. The summed E-state index contributed by atoms with van der Waals surface area (Å²) >= 11 is 3.30. The van der Waals surface area contributed by atoms with Crippen molar-refractivity contribution in [2.45, 2.75) is 38.1 Å². The van der Waals surface area contributed by atoms with Crippen LogP contribution in [0.5, 0.6) is 0 Å². The molecule has 1 aliphatic carbocycles. The molecule has 1 aliphatic rings. The van der Waals surface area contributed by atoms with E-state index in [9.17, 15) is 0 Å². The molecule has 0 unspecified atom stereocenters. The first kappa shape index (κ1) is 8.23. The van der Waals surface area contributed by atoms with Gasteiger partial charge in [-0.25, -0.2) is 4.68 Å². The number of hydrogen-bond donors (Lipinski definition) is 0. The Bertz CT molecular complexity index is 253. The van der Waals surface area contributed by atoms with Crippen LogP contribution >= 0.6 is 15.9 Å². The third-order valence-corrected chi connectivity index (χ3v) is 2.79. The average Bonchev–Trinajstić information content (AvgIpc) is 2.54. The van der Waals surface area contributed by atoms with E-state index in [4.69, 9.17) is 0 Å². The molecule has 0 amide bonds. The number of hydrogen-bond acceptors (Lipinski definition) is 2. The SMILES string of the molecule is Brc1cn(C2CCCCC2)nn1. The summed E-state index contributed by atoms with van der Waals surface area (Å²) in [6.07, 6.45) is 8.54. The van der Waals surface area contributed by atoms with E-state index in [-0.39, 0.29) is 0 Å². The van der Waals surface area contributed by atoms with Crippen molar-refractivity contribution in [3.8, 4) is 0 Å². The zero-order valence-corrected chi connectivity index (χ0v) is 8.50. The van der Waals surface area contributed by atoms with Crippen LogP contribution in [0.2, 0.25) is 0 Å². The van der Waals surface area contributed by atoms with Gasteiger partial charge < -0.3 is 0 Å². The Morgan fingerprint density at radius 3 is 2.67 bits per heavy atom. The highest BCUT2D eigenvalue weighted by Crippen LogP contribution is 2.27. The minimum Gasteiger partial charge on any atom is -0.248 e. The zero-order chi connectivity index (χ0) is 8.39. The number of aromatic nitrogens is 3. The highest BCUT2D eigenvalue weighted by atomic mass is 79.9. The first-order valence-electron chi connectivity index (χ1n) is 4.43. The summed E-state index contributed by atoms with van der Waals surface area (Å²) in [5.74, 6) is 0. The third-order valence-electron chi connectivity index (χ3n) is 2.43. The lowest BCUT2D eigenvalue weighted by molar-refractivity contribution is 0.324. The van der Waals surface area contributed by atoms with Crippen molar-refractivity contribution < 1.29 is 0 Å². The molecule has 2 rings (SSSR count). The maximum Gasteiger partial charge on any atom is 0.148 e. The highest BCUT2D eigenvalue weighted by molar-refractivity contribution is 9.10. The second-order valence-corrected chi connectivity index (χ2v) is 4.13. The van der Waals surface area contributed by atoms with Crippen LogP contribution in [0.3, 0.4) is 0 Å². The van der Waals surface area contributed by atoms with Crippen molar-refractivity contribution in [2.24, 2.45) is 0 Å². The summed E-state index contributed by atoms with van der Waals surface area (Å²) in [4.78, 5) is 0. The monoisotopic (exact) mass is 229 g/mol. The van der Waals surface area contributed by atoms with Gasteiger partial charge in [-0.05, 0) is 28.8 Å². The Morgan fingerprint density at radius 2 is 2.08 bits per heavy atom. The maximum atomic E-state index is 4.06. The Morgan fingerprint density at radius 1 is 1.33 bits per heavy atom. The van der Waals surface area contributed by atoms with E-state index in [1.54, 1.807) is 0 Å². The first-order chi connectivity index (χ1) is 5.86. The first-order valence-corrected chi connectivity index (χ1v) is 5.23. The molecule has 1 aromatic heterocycles. The van der Waals surface area contributed by atoms with Crippen LogP contribution < -0.4 is 0 Å². The minimum absolute atomic E-state index is 0.595. The fraction of sp³-hybridized carbons (Fsp3) is 0.750. The molecule has 0 bridgehead atoms. The summed E-state index contributed by atoms with van der Waals surface area (Å²) in [5.41, 5.74) is 0. The van der Waals surface area contributed by atoms with Gasteiger partial charge >= 0.3 is 0 Å². The van der Waals surface area contributed by atoms with E-state index in [0.717, 1.165) is 4.60 Å². The van der Waals surface area contributed by atoms with Gasteiger partial charge in [0.15, 0.2) is 0 Å².